The normalized spacial score (nSPS) is 14.2. The maximum Gasteiger partial charge on any atom is 0.326 e. The van der Waals surface area contributed by atoms with Gasteiger partial charge in [-0.2, -0.15) is 5.26 Å². The highest BCUT2D eigenvalue weighted by Crippen LogP contribution is 2.25. The lowest BCUT2D eigenvalue weighted by atomic mass is 10.2. The number of nitriles is 1. The first-order chi connectivity index (χ1) is 16.3. The third-order valence-corrected chi connectivity index (χ3v) is 4.90. The Hall–Kier alpha value is -3.54. The van der Waals surface area contributed by atoms with E-state index in [1.54, 1.807) is 9.80 Å². The van der Waals surface area contributed by atoms with Gasteiger partial charge in [0.25, 0.3) is 5.91 Å². The van der Waals surface area contributed by atoms with Crippen LogP contribution in [0.2, 0.25) is 0 Å². The molecule has 1 aliphatic heterocycles. The molecule has 1 amide bonds. The van der Waals surface area contributed by atoms with Gasteiger partial charge in [-0.15, -0.1) is 0 Å². The summed E-state index contributed by atoms with van der Waals surface area (Å²) >= 11 is 0. The molecule has 2 heterocycles. The van der Waals surface area contributed by atoms with Crippen molar-refractivity contribution in [3.05, 3.63) is 11.4 Å². The quantitative estimate of drug-likeness (QED) is 0.310. The van der Waals surface area contributed by atoms with Gasteiger partial charge in [0.05, 0.1) is 32.8 Å². The van der Waals surface area contributed by atoms with Gasteiger partial charge >= 0.3 is 11.9 Å². The van der Waals surface area contributed by atoms with Crippen molar-refractivity contribution in [2.24, 2.45) is 0 Å². The summed E-state index contributed by atoms with van der Waals surface area (Å²) < 4.78 is 15.6. The van der Waals surface area contributed by atoms with Crippen LogP contribution in [0, 0.1) is 11.3 Å². The molecule has 1 fully saturated rings. The van der Waals surface area contributed by atoms with E-state index in [1.807, 2.05) is 6.07 Å². The first kappa shape index (κ1) is 26.7. The van der Waals surface area contributed by atoms with E-state index in [2.05, 4.69) is 15.3 Å². The molecular formula is C20H28N6O8. The smallest absolute Gasteiger partial charge is 0.326 e. The summed E-state index contributed by atoms with van der Waals surface area (Å²) in [4.78, 5) is 47.8. The second-order valence-electron chi connectivity index (χ2n) is 7.21. The average molecular weight is 480 g/mol. The summed E-state index contributed by atoms with van der Waals surface area (Å²) in [6, 6.07) is 0.322. The number of carbonyl (C=O) groups is 3. The maximum atomic E-state index is 13.1. The van der Waals surface area contributed by atoms with Crippen LogP contribution in [-0.4, -0.2) is 111 Å². The van der Waals surface area contributed by atoms with Crippen molar-refractivity contribution in [2.75, 3.05) is 76.6 Å². The van der Waals surface area contributed by atoms with E-state index in [1.165, 1.54) is 14.2 Å². The molecule has 1 saturated heterocycles. The van der Waals surface area contributed by atoms with Crippen molar-refractivity contribution < 1.29 is 38.8 Å². The molecule has 3 N–H and O–H groups in total. The van der Waals surface area contributed by atoms with Crippen molar-refractivity contribution in [2.45, 2.75) is 12.5 Å². The fourth-order valence-electron chi connectivity index (χ4n) is 3.19. The van der Waals surface area contributed by atoms with Crippen LogP contribution in [-0.2, 0) is 23.8 Å². The Morgan fingerprint density at radius 3 is 2.29 bits per heavy atom. The Kier molecular flexibility index (Phi) is 10.4. The highest BCUT2D eigenvalue weighted by molar-refractivity contribution is 6.00. The van der Waals surface area contributed by atoms with E-state index in [0.717, 1.165) is 0 Å². The largest absolute Gasteiger partial charge is 0.481 e. The molecule has 1 aromatic rings. The van der Waals surface area contributed by atoms with Crippen LogP contribution >= 0.6 is 0 Å². The number of carbonyl (C=O) groups excluding carboxylic acids is 1. The van der Waals surface area contributed by atoms with Gasteiger partial charge in [0, 0.05) is 40.4 Å². The summed E-state index contributed by atoms with van der Waals surface area (Å²) in [7, 11) is 3.03. The number of carboxylic acids is 2. The van der Waals surface area contributed by atoms with Gasteiger partial charge in [-0.1, -0.05) is 0 Å². The van der Waals surface area contributed by atoms with Crippen LogP contribution in [0.25, 0.3) is 0 Å². The van der Waals surface area contributed by atoms with Crippen molar-refractivity contribution in [1.29, 1.82) is 5.26 Å². The van der Waals surface area contributed by atoms with Crippen LogP contribution in [0.4, 0.5) is 11.6 Å². The number of nitrogens with one attached hydrogen (secondary N) is 1. The topological polar surface area (TPSA) is 187 Å². The van der Waals surface area contributed by atoms with Crippen LogP contribution < -0.4 is 15.1 Å². The Morgan fingerprint density at radius 1 is 1.18 bits per heavy atom. The monoisotopic (exact) mass is 480 g/mol. The predicted molar refractivity (Wildman–Crippen MR) is 117 cm³/mol. The zero-order valence-electron chi connectivity index (χ0n) is 19.0. The first-order valence-corrected chi connectivity index (χ1v) is 10.5. The van der Waals surface area contributed by atoms with E-state index < -0.39 is 30.3 Å². The Morgan fingerprint density at radius 2 is 1.79 bits per heavy atom. The van der Waals surface area contributed by atoms with E-state index in [-0.39, 0.29) is 23.0 Å². The summed E-state index contributed by atoms with van der Waals surface area (Å²) in [5.74, 6) is -3.64. The van der Waals surface area contributed by atoms with Crippen LogP contribution in [0.5, 0.6) is 0 Å². The minimum absolute atomic E-state index is 0.0365. The minimum atomic E-state index is -1.68. The van der Waals surface area contributed by atoms with E-state index in [0.29, 0.717) is 52.6 Å². The number of hydrogen-bond acceptors (Lipinski definition) is 11. The molecule has 0 spiro atoms. The van der Waals surface area contributed by atoms with Crippen molar-refractivity contribution in [3.63, 3.8) is 0 Å². The number of methoxy groups -OCH3 is 2. The first-order valence-electron chi connectivity index (χ1n) is 10.5. The third-order valence-electron chi connectivity index (χ3n) is 4.90. The number of rotatable bonds is 13. The van der Waals surface area contributed by atoms with Crippen LogP contribution in [0.3, 0.4) is 0 Å². The number of nitrogens with zero attached hydrogens (tertiary/aromatic N) is 5. The molecule has 14 nitrogen and oxygen atoms in total. The number of morpholine rings is 1. The van der Waals surface area contributed by atoms with E-state index >= 15 is 0 Å². The third kappa shape index (κ3) is 7.24. The van der Waals surface area contributed by atoms with Gasteiger partial charge < -0.3 is 39.5 Å². The fraction of sp³-hybridized carbons (Fsp3) is 0.600. The van der Waals surface area contributed by atoms with Gasteiger partial charge in [0.2, 0.25) is 0 Å². The van der Waals surface area contributed by atoms with Gasteiger partial charge in [0.1, 0.15) is 12.1 Å². The lowest BCUT2D eigenvalue weighted by Gasteiger charge is -2.30. The second kappa shape index (κ2) is 13.2. The van der Waals surface area contributed by atoms with Crippen LogP contribution in [0.15, 0.2) is 0 Å². The zero-order valence-corrected chi connectivity index (χ0v) is 19.0. The summed E-state index contributed by atoms with van der Waals surface area (Å²) in [5.41, 5.74) is -0.266. The number of carboxylic acid groups (broad SMARTS) is 2. The summed E-state index contributed by atoms with van der Waals surface area (Å²) in [5, 5.41) is 30.3. The molecule has 0 radical (unpaired) electrons. The molecule has 34 heavy (non-hydrogen) atoms. The predicted octanol–water partition coefficient (Wildman–Crippen LogP) is -1.06. The minimum Gasteiger partial charge on any atom is -0.481 e. The second-order valence-corrected chi connectivity index (χ2v) is 7.21. The Balaban J connectivity index is 2.55. The molecule has 186 valence electrons. The van der Waals surface area contributed by atoms with Gasteiger partial charge in [-0.05, 0) is 0 Å². The number of aromatic nitrogens is 2. The van der Waals surface area contributed by atoms with Crippen molar-refractivity contribution in [3.8, 4) is 6.07 Å². The summed E-state index contributed by atoms with van der Waals surface area (Å²) in [6.45, 7) is 2.68. The average Bonchev–Trinajstić information content (AvgIpc) is 2.83. The van der Waals surface area contributed by atoms with Crippen LogP contribution in [0.1, 0.15) is 22.6 Å². The molecule has 1 aliphatic rings. The number of hydrogen-bond donors (Lipinski definition) is 3. The molecule has 0 unspecified atom stereocenters. The standard InChI is InChI=1S/C20H28N6O8/c1-32-7-3-25(4-8-33-2)17-14(12-21)22-18(26-5-9-34-10-6-26)16(24-17)19(29)23-13(20(30)31)11-15(27)28/h13H,3-11H2,1-2H3,(H,23,29)(H,27,28)(H,30,31)/t13-/m1/s1. The highest BCUT2D eigenvalue weighted by atomic mass is 16.5. The molecule has 0 aromatic carbocycles. The van der Waals surface area contributed by atoms with Crippen molar-refractivity contribution in [1.82, 2.24) is 15.3 Å². The van der Waals surface area contributed by atoms with Gasteiger partial charge in [-0.3, -0.25) is 9.59 Å². The molecular weight excluding hydrogens is 452 g/mol. The van der Waals surface area contributed by atoms with Gasteiger partial charge in [-0.25, -0.2) is 14.8 Å². The SMILES string of the molecule is COCCN(CCOC)c1nc(C(=O)N[C@H](CC(=O)O)C(=O)O)c(N2CCOCC2)nc1C#N. The molecule has 1 aromatic heterocycles. The highest BCUT2D eigenvalue weighted by Gasteiger charge is 2.30. The van der Waals surface area contributed by atoms with Gasteiger partial charge in [0.15, 0.2) is 23.0 Å². The van der Waals surface area contributed by atoms with E-state index in [4.69, 9.17) is 19.3 Å². The fourth-order valence-corrected chi connectivity index (χ4v) is 3.19. The molecule has 0 bridgehead atoms. The zero-order chi connectivity index (χ0) is 25.1. The number of aliphatic carboxylic acids is 2. The molecule has 0 aliphatic carbocycles. The number of ether oxygens (including phenoxy) is 3. The Bertz CT molecular complexity index is 907. The molecule has 14 heteroatoms. The maximum absolute atomic E-state index is 13.1. The van der Waals surface area contributed by atoms with E-state index in [9.17, 15) is 24.8 Å². The number of amides is 1. The van der Waals surface area contributed by atoms with Crippen molar-refractivity contribution >= 4 is 29.5 Å². The lowest BCUT2D eigenvalue weighted by molar-refractivity contribution is -0.145. The molecule has 1 atom stereocenters. The summed E-state index contributed by atoms with van der Waals surface area (Å²) in [6.07, 6.45) is -0.821. The molecule has 0 saturated carbocycles. The lowest BCUT2D eigenvalue weighted by Crippen LogP contribution is -2.44. The molecule has 2 rings (SSSR count). The Labute approximate surface area is 196 Å². The number of anilines is 2.